The maximum absolute atomic E-state index is 12.3. The second-order valence-electron chi connectivity index (χ2n) is 5.00. The zero-order chi connectivity index (χ0) is 16.1. The Hall–Kier alpha value is -0.760. The molecule has 0 bridgehead atoms. The molecule has 0 saturated carbocycles. The average molecular weight is 371 g/mol. The second-order valence-corrected chi connectivity index (χ2v) is 7.00. The third-order valence-electron chi connectivity index (χ3n) is 3.69. The molecule has 23 heavy (non-hydrogen) atoms. The van der Waals surface area contributed by atoms with Crippen LogP contribution in [0.4, 0.5) is 4.79 Å². The summed E-state index contributed by atoms with van der Waals surface area (Å²) >= 11 is 1.37. The van der Waals surface area contributed by atoms with E-state index < -0.39 is 34.3 Å². The first-order valence-corrected chi connectivity index (χ1v) is 8.65. The van der Waals surface area contributed by atoms with Crippen LogP contribution < -0.4 is 5.84 Å². The molecule has 3 N–H and O–H groups in total. The van der Waals surface area contributed by atoms with Crippen LogP contribution in [0.5, 0.6) is 0 Å². The van der Waals surface area contributed by atoms with E-state index in [0.717, 1.165) is 5.01 Å². The molecule has 1 aromatic heterocycles. The summed E-state index contributed by atoms with van der Waals surface area (Å²) in [6.07, 6.45) is 0.270. The van der Waals surface area contributed by atoms with Crippen LogP contribution in [0.2, 0.25) is 0 Å². The Balaban J connectivity index is 0.00000192. The van der Waals surface area contributed by atoms with E-state index in [4.69, 9.17) is 10.4 Å². The predicted octanol–water partition coefficient (Wildman–Crippen LogP) is -1.62. The van der Waals surface area contributed by atoms with Crippen molar-refractivity contribution in [1.82, 2.24) is 19.2 Å². The zero-order valence-electron chi connectivity index (χ0n) is 11.2. The fraction of sp³-hybridized carbons (Fsp3) is 0.500. The molecule has 0 unspecified atom stereocenters. The summed E-state index contributed by atoms with van der Waals surface area (Å²) in [5, 5.41) is 2.68. The first kappa shape index (κ1) is 18.6. The Labute approximate surface area is 158 Å². The Morgan fingerprint density at radius 3 is 2.83 bits per heavy atom. The third-order valence-corrected chi connectivity index (χ3v) is 5.28. The van der Waals surface area contributed by atoms with Gasteiger partial charge in [-0.15, -0.1) is 11.3 Å². The number of fused-ring (bicyclic) bond motifs is 1. The van der Waals surface area contributed by atoms with Crippen LogP contribution in [0, 0.1) is 0 Å². The molecule has 0 aliphatic carbocycles. The maximum atomic E-state index is 12.3. The molecule has 3 rings (SSSR count). The summed E-state index contributed by atoms with van der Waals surface area (Å²) in [4.78, 5) is 29.4. The van der Waals surface area contributed by atoms with Gasteiger partial charge in [0.15, 0.2) is 0 Å². The molecule has 2 saturated heterocycles. The first-order chi connectivity index (χ1) is 10.3. The van der Waals surface area contributed by atoms with E-state index in [0.29, 0.717) is 10.00 Å². The normalized spacial score (nSPS) is 23.1. The number of nitrogens with two attached hydrogens (primary N) is 1. The van der Waals surface area contributed by atoms with E-state index in [9.17, 15) is 18.0 Å². The van der Waals surface area contributed by atoms with Gasteiger partial charge in [-0.3, -0.25) is 14.4 Å². The van der Waals surface area contributed by atoms with Crippen LogP contribution in [0.25, 0.3) is 0 Å². The van der Waals surface area contributed by atoms with Gasteiger partial charge in [0.05, 0.1) is 23.8 Å². The van der Waals surface area contributed by atoms with E-state index in [1.807, 2.05) is 0 Å². The number of hydrogen-bond donors (Lipinski definition) is 2. The van der Waals surface area contributed by atoms with Gasteiger partial charge in [0.2, 0.25) is 0 Å². The van der Waals surface area contributed by atoms with E-state index in [1.54, 1.807) is 10.9 Å². The molecule has 10 nitrogen and oxygen atoms in total. The monoisotopic (exact) mass is 371 g/mol. The number of likely N-dealkylation sites (tertiary alicyclic amines) is 1. The number of amides is 3. The summed E-state index contributed by atoms with van der Waals surface area (Å²) in [6, 6.07) is -2.20. The van der Waals surface area contributed by atoms with Crippen molar-refractivity contribution in [3.05, 3.63) is 16.6 Å². The summed E-state index contributed by atoms with van der Waals surface area (Å²) < 4.78 is 31.6. The standard InChI is InChI=1S/C10H13N5O5S2.Na.H/c11-14(3-6-4-21-5-12-6)10(17)13-2-1-7-8(13)9(16)15(7)22(18,19)20;;/h4-5,7-8H,1-3,11H2,(H,18,19,20);;/t7-,8+;;/m1../s1. The van der Waals surface area contributed by atoms with Gasteiger partial charge in [-0.2, -0.15) is 8.42 Å². The fourth-order valence-corrected chi connectivity index (χ4v) is 4.20. The Morgan fingerprint density at radius 2 is 2.26 bits per heavy atom. The van der Waals surface area contributed by atoms with Gasteiger partial charge >= 0.3 is 45.9 Å². The van der Waals surface area contributed by atoms with Crippen LogP contribution >= 0.6 is 11.3 Å². The number of urea groups is 1. The molecule has 122 valence electrons. The summed E-state index contributed by atoms with van der Waals surface area (Å²) in [7, 11) is -4.59. The van der Waals surface area contributed by atoms with Gasteiger partial charge in [-0.25, -0.2) is 19.9 Å². The summed E-state index contributed by atoms with van der Waals surface area (Å²) in [5.74, 6) is 4.88. The molecule has 2 aliphatic heterocycles. The first-order valence-electron chi connectivity index (χ1n) is 6.31. The molecule has 2 fully saturated rings. The minimum absolute atomic E-state index is 0. The summed E-state index contributed by atoms with van der Waals surface area (Å²) in [6.45, 7) is 0.281. The van der Waals surface area contributed by atoms with Crippen LogP contribution in [-0.4, -0.2) is 92.3 Å². The van der Waals surface area contributed by atoms with Gasteiger partial charge in [0.25, 0.3) is 5.91 Å². The van der Waals surface area contributed by atoms with Crippen molar-refractivity contribution >= 4 is 63.1 Å². The van der Waals surface area contributed by atoms with Crippen LogP contribution in [0.1, 0.15) is 12.1 Å². The number of hydrogen-bond acceptors (Lipinski definition) is 7. The topological polar surface area (TPSA) is 137 Å². The predicted molar refractivity (Wildman–Crippen MR) is 81.7 cm³/mol. The number of nitrogens with zero attached hydrogens (tertiary/aromatic N) is 4. The van der Waals surface area contributed by atoms with Gasteiger partial charge in [0.1, 0.15) is 6.04 Å². The Morgan fingerprint density at radius 1 is 1.57 bits per heavy atom. The van der Waals surface area contributed by atoms with Crippen LogP contribution in [0.15, 0.2) is 10.9 Å². The average Bonchev–Trinajstić information content (AvgIpc) is 3.03. The minimum atomic E-state index is -4.59. The van der Waals surface area contributed by atoms with Crippen molar-refractivity contribution in [2.75, 3.05) is 6.54 Å². The van der Waals surface area contributed by atoms with Crippen molar-refractivity contribution < 1.29 is 22.6 Å². The van der Waals surface area contributed by atoms with Crippen LogP contribution in [0.3, 0.4) is 0 Å². The number of hydrazine groups is 1. The molecule has 0 radical (unpaired) electrons. The molecule has 13 heteroatoms. The third kappa shape index (κ3) is 3.24. The van der Waals surface area contributed by atoms with Gasteiger partial charge < -0.3 is 4.90 Å². The Bertz CT molecular complexity index is 711. The molecule has 2 aliphatic rings. The molecular formula is C10H14N5NaO5S2. The molecule has 0 spiro atoms. The molecule has 2 atom stereocenters. The number of carbonyl (C=O) groups is 2. The number of rotatable bonds is 3. The molecule has 3 amide bonds. The van der Waals surface area contributed by atoms with E-state index in [2.05, 4.69) is 4.98 Å². The van der Waals surface area contributed by atoms with Crippen molar-refractivity contribution in [2.45, 2.75) is 25.0 Å². The SMILES string of the molecule is NN(Cc1cscn1)C(=O)N1CC[C@@H]2[C@H]1C(=O)N2S(=O)(=O)O.[NaH]. The van der Waals surface area contributed by atoms with Gasteiger partial charge in [-0.1, -0.05) is 0 Å². The van der Waals surface area contributed by atoms with E-state index in [1.165, 1.54) is 16.2 Å². The van der Waals surface area contributed by atoms with Gasteiger partial charge in [0, 0.05) is 11.9 Å². The molecule has 0 aromatic carbocycles. The van der Waals surface area contributed by atoms with E-state index in [-0.39, 0.29) is 49.1 Å². The second kappa shape index (κ2) is 6.63. The zero-order valence-corrected chi connectivity index (χ0v) is 12.8. The van der Waals surface area contributed by atoms with Crippen molar-refractivity contribution in [3.8, 4) is 0 Å². The fourth-order valence-electron chi connectivity index (χ4n) is 2.75. The van der Waals surface area contributed by atoms with Crippen LogP contribution in [-0.2, 0) is 21.6 Å². The summed E-state index contributed by atoms with van der Waals surface area (Å²) in [5.41, 5.74) is 2.23. The number of thiazole rings is 1. The number of carbonyl (C=O) groups excluding carboxylic acids is 2. The van der Waals surface area contributed by atoms with Crippen molar-refractivity contribution in [1.29, 1.82) is 0 Å². The number of β-lactam (4-membered cyclic amide) rings is 1. The number of aromatic nitrogens is 1. The van der Waals surface area contributed by atoms with Gasteiger partial charge in [-0.05, 0) is 6.42 Å². The quantitative estimate of drug-likeness (QED) is 0.163. The Kier molecular flexibility index (Phi) is 5.35. The van der Waals surface area contributed by atoms with Crippen molar-refractivity contribution in [3.63, 3.8) is 0 Å². The van der Waals surface area contributed by atoms with Crippen molar-refractivity contribution in [2.24, 2.45) is 5.84 Å². The van der Waals surface area contributed by atoms with E-state index >= 15 is 0 Å². The molecular weight excluding hydrogens is 357 g/mol. The molecule has 3 heterocycles. The molecule has 1 aromatic rings.